The Balaban J connectivity index is 2.09. The minimum absolute atomic E-state index is 0.382. The molecule has 1 heterocycles. The van der Waals surface area contributed by atoms with Crippen LogP contribution in [0.15, 0.2) is 18.2 Å². The van der Waals surface area contributed by atoms with Crippen molar-refractivity contribution in [2.24, 2.45) is 0 Å². The number of alkyl halides is 3. The van der Waals surface area contributed by atoms with Crippen molar-refractivity contribution >= 4 is 5.69 Å². The van der Waals surface area contributed by atoms with Crippen molar-refractivity contribution in [1.29, 1.82) is 0 Å². The quantitative estimate of drug-likeness (QED) is 0.928. The normalized spacial score (nSPS) is 17.0. The number of ether oxygens (including phenoxy) is 1. The fourth-order valence-electron chi connectivity index (χ4n) is 2.50. The van der Waals surface area contributed by atoms with E-state index in [9.17, 15) is 18.3 Å². The van der Waals surface area contributed by atoms with Crippen molar-refractivity contribution in [1.82, 2.24) is 4.90 Å². The highest BCUT2D eigenvalue weighted by Gasteiger charge is 2.33. The second-order valence-electron chi connectivity index (χ2n) is 5.00. The monoisotopic (exact) mass is 304 g/mol. The van der Waals surface area contributed by atoms with Gasteiger partial charge in [0.25, 0.3) is 0 Å². The zero-order valence-corrected chi connectivity index (χ0v) is 11.9. The Labute approximate surface area is 121 Å². The van der Waals surface area contributed by atoms with Gasteiger partial charge < -0.3 is 14.7 Å². The molecule has 0 atom stereocenters. The number of piperazine rings is 1. The highest BCUT2D eigenvalue weighted by atomic mass is 19.4. The van der Waals surface area contributed by atoms with Crippen LogP contribution in [0.2, 0.25) is 0 Å². The van der Waals surface area contributed by atoms with E-state index in [-0.39, 0.29) is 0 Å². The molecule has 21 heavy (non-hydrogen) atoms. The van der Waals surface area contributed by atoms with Crippen molar-refractivity contribution in [3.05, 3.63) is 18.2 Å². The van der Waals surface area contributed by atoms with E-state index in [0.717, 1.165) is 32.1 Å². The first kappa shape index (κ1) is 15.8. The standard InChI is InChI=1S/C14H19F3N2O2/c1-2-6-18-7-9-19(10-8-18)11-4-3-5-12(13(11)20)21-14(15,16)17/h3-5,20H,2,6-10H2,1H3. The van der Waals surface area contributed by atoms with Crippen LogP contribution in [0.5, 0.6) is 11.5 Å². The molecule has 0 radical (unpaired) electrons. The highest BCUT2D eigenvalue weighted by molar-refractivity contribution is 5.64. The predicted molar refractivity (Wildman–Crippen MR) is 73.7 cm³/mol. The lowest BCUT2D eigenvalue weighted by atomic mass is 10.2. The lowest BCUT2D eigenvalue weighted by Gasteiger charge is -2.36. The van der Waals surface area contributed by atoms with Gasteiger partial charge in [0.05, 0.1) is 5.69 Å². The highest BCUT2D eigenvalue weighted by Crippen LogP contribution is 2.39. The minimum atomic E-state index is -4.81. The van der Waals surface area contributed by atoms with Crippen LogP contribution in [0, 0.1) is 0 Å². The molecule has 2 rings (SSSR count). The van der Waals surface area contributed by atoms with Gasteiger partial charge in [0.15, 0.2) is 11.5 Å². The molecule has 0 aliphatic carbocycles. The molecule has 0 aromatic heterocycles. The number of nitrogens with zero attached hydrogens (tertiary/aromatic N) is 2. The number of para-hydroxylation sites is 1. The summed E-state index contributed by atoms with van der Waals surface area (Å²) in [6.07, 6.45) is -3.74. The van der Waals surface area contributed by atoms with E-state index >= 15 is 0 Å². The number of anilines is 1. The predicted octanol–water partition coefficient (Wildman–Crippen LogP) is 2.82. The average Bonchev–Trinajstić information content (AvgIpc) is 2.41. The topological polar surface area (TPSA) is 35.9 Å². The molecule has 1 aliphatic rings. The molecule has 7 heteroatoms. The van der Waals surface area contributed by atoms with E-state index in [0.29, 0.717) is 18.8 Å². The molecule has 1 aliphatic heterocycles. The maximum atomic E-state index is 12.3. The van der Waals surface area contributed by atoms with E-state index in [1.807, 2.05) is 4.90 Å². The van der Waals surface area contributed by atoms with Crippen molar-refractivity contribution in [3.63, 3.8) is 0 Å². The molecule has 1 aromatic rings. The van der Waals surface area contributed by atoms with E-state index in [1.165, 1.54) is 6.07 Å². The first-order valence-corrected chi connectivity index (χ1v) is 6.95. The van der Waals surface area contributed by atoms with Crippen LogP contribution in [0.4, 0.5) is 18.9 Å². The molecule has 0 unspecified atom stereocenters. The Kier molecular flexibility index (Phi) is 4.82. The second kappa shape index (κ2) is 6.43. The number of hydrogen-bond donors (Lipinski definition) is 1. The summed E-state index contributed by atoms with van der Waals surface area (Å²) >= 11 is 0. The van der Waals surface area contributed by atoms with Gasteiger partial charge in [-0.25, -0.2) is 0 Å². The molecule has 0 amide bonds. The Morgan fingerprint density at radius 3 is 2.43 bits per heavy atom. The van der Waals surface area contributed by atoms with Gasteiger partial charge in [-0.3, -0.25) is 4.90 Å². The van der Waals surface area contributed by atoms with Gasteiger partial charge in [-0.15, -0.1) is 13.2 Å². The second-order valence-corrected chi connectivity index (χ2v) is 5.00. The summed E-state index contributed by atoms with van der Waals surface area (Å²) in [4.78, 5) is 4.17. The Morgan fingerprint density at radius 1 is 1.19 bits per heavy atom. The molecular weight excluding hydrogens is 285 g/mol. The molecule has 118 valence electrons. The van der Waals surface area contributed by atoms with Crippen LogP contribution in [-0.4, -0.2) is 49.1 Å². The first-order valence-electron chi connectivity index (χ1n) is 6.95. The summed E-state index contributed by atoms with van der Waals surface area (Å²) in [6.45, 7) is 6.12. The molecule has 0 saturated carbocycles. The average molecular weight is 304 g/mol. The lowest BCUT2D eigenvalue weighted by molar-refractivity contribution is -0.275. The molecule has 1 saturated heterocycles. The third kappa shape index (κ3) is 4.17. The number of aromatic hydroxyl groups is 1. The number of benzene rings is 1. The third-order valence-electron chi connectivity index (χ3n) is 3.46. The van der Waals surface area contributed by atoms with Gasteiger partial charge in [0.1, 0.15) is 0 Å². The number of phenols is 1. The molecule has 1 N–H and O–H groups in total. The third-order valence-corrected chi connectivity index (χ3v) is 3.46. The van der Waals surface area contributed by atoms with Gasteiger partial charge in [-0.05, 0) is 25.1 Å². The van der Waals surface area contributed by atoms with E-state index in [4.69, 9.17) is 0 Å². The van der Waals surface area contributed by atoms with Crippen LogP contribution in [0.25, 0.3) is 0 Å². The smallest absolute Gasteiger partial charge is 0.503 e. The van der Waals surface area contributed by atoms with E-state index in [1.54, 1.807) is 6.07 Å². The molecule has 0 bridgehead atoms. The number of halogens is 3. The molecule has 1 fully saturated rings. The maximum Gasteiger partial charge on any atom is 0.573 e. The van der Waals surface area contributed by atoms with Crippen molar-refractivity contribution < 1.29 is 23.0 Å². The van der Waals surface area contributed by atoms with Gasteiger partial charge in [0.2, 0.25) is 0 Å². The maximum absolute atomic E-state index is 12.3. The molecule has 1 aromatic carbocycles. The number of rotatable bonds is 4. The zero-order chi connectivity index (χ0) is 15.5. The van der Waals surface area contributed by atoms with Crippen LogP contribution in [0.1, 0.15) is 13.3 Å². The van der Waals surface area contributed by atoms with Crippen LogP contribution in [-0.2, 0) is 0 Å². The Morgan fingerprint density at radius 2 is 1.86 bits per heavy atom. The van der Waals surface area contributed by atoms with Crippen molar-refractivity contribution in [2.75, 3.05) is 37.6 Å². The van der Waals surface area contributed by atoms with Crippen LogP contribution in [0.3, 0.4) is 0 Å². The Hall–Kier alpha value is -1.63. The molecule has 4 nitrogen and oxygen atoms in total. The fraction of sp³-hybridized carbons (Fsp3) is 0.571. The fourth-order valence-corrected chi connectivity index (χ4v) is 2.50. The summed E-state index contributed by atoms with van der Waals surface area (Å²) < 4.78 is 40.7. The molecule has 0 spiro atoms. The van der Waals surface area contributed by atoms with Crippen molar-refractivity contribution in [2.45, 2.75) is 19.7 Å². The molecular formula is C14H19F3N2O2. The van der Waals surface area contributed by atoms with Crippen LogP contribution < -0.4 is 9.64 Å². The van der Waals surface area contributed by atoms with Gasteiger partial charge >= 0.3 is 6.36 Å². The summed E-state index contributed by atoms with van der Waals surface area (Å²) in [6, 6.07) is 4.17. The SMILES string of the molecule is CCCN1CCN(c2cccc(OC(F)(F)F)c2O)CC1. The number of hydrogen-bond acceptors (Lipinski definition) is 4. The van der Waals surface area contributed by atoms with Gasteiger partial charge in [0, 0.05) is 26.2 Å². The van der Waals surface area contributed by atoms with E-state index in [2.05, 4.69) is 16.6 Å². The van der Waals surface area contributed by atoms with Gasteiger partial charge in [-0.1, -0.05) is 13.0 Å². The Bertz CT molecular complexity index is 472. The summed E-state index contributed by atoms with van der Waals surface area (Å²) in [5, 5.41) is 9.99. The summed E-state index contributed by atoms with van der Waals surface area (Å²) in [5.74, 6) is -1.02. The van der Waals surface area contributed by atoms with Gasteiger partial charge in [-0.2, -0.15) is 0 Å². The summed E-state index contributed by atoms with van der Waals surface area (Å²) in [5.41, 5.74) is 0.382. The first-order chi connectivity index (χ1) is 9.90. The zero-order valence-electron chi connectivity index (χ0n) is 11.9. The lowest BCUT2D eigenvalue weighted by Crippen LogP contribution is -2.46. The largest absolute Gasteiger partial charge is 0.573 e. The minimum Gasteiger partial charge on any atom is -0.503 e. The van der Waals surface area contributed by atoms with Crippen LogP contribution >= 0.6 is 0 Å². The van der Waals surface area contributed by atoms with E-state index < -0.39 is 17.9 Å². The van der Waals surface area contributed by atoms with Crippen molar-refractivity contribution in [3.8, 4) is 11.5 Å². The summed E-state index contributed by atoms with van der Waals surface area (Å²) in [7, 11) is 0. The number of phenolic OH excluding ortho intramolecular Hbond substituents is 1.